The number of aromatic nitrogens is 1. The Bertz CT molecular complexity index is 1020. The van der Waals surface area contributed by atoms with Gasteiger partial charge in [-0.2, -0.15) is 5.26 Å². The number of benzene rings is 2. The topological polar surface area (TPSA) is 72.2 Å². The van der Waals surface area contributed by atoms with E-state index in [0.29, 0.717) is 28.2 Å². The third-order valence-electron chi connectivity index (χ3n) is 3.81. The maximum absolute atomic E-state index is 12.2. The molecule has 0 aliphatic heterocycles. The van der Waals surface area contributed by atoms with Gasteiger partial charge in [0.2, 0.25) is 0 Å². The van der Waals surface area contributed by atoms with E-state index < -0.39 is 5.97 Å². The molecule has 5 nitrogen and oxygen atoms in total. The standard InChI is InChI=1S/C22H16N2O3/c1-26-21-8-3-2-7-20(21)18(15-23)13-16-5-4-6-19(14-16)27-22(25)17-9-11-24-12-10-17/h2-14H,1H3/b18-13-. The predicted molar refractivity (Wildman–Crippen MR) is 102 cm³/mol. The summed E-state index contributed by atoms with van der Waals surface area (Å²) in [5.74, 6) is 0.539. The summed E-state index contributed by atoms with van der Waals surface area (Å²) in [5.41, 5.74) is 2.29. The van der Waals surface area contributed by atoms with Gasteiger partial charge in [-0.25, -0.2) is 4.79 Å². The highest BCUT2D eigenvalue weighted by molar-refractivity contribution is 5.92. The number of allylic oxidation sites excluding steroid dienone is 1. The molecule has 0 fully saturated rings. The first-order valence-electron chi connectivity index (χ1n) is 8.18. The van der Waals surface area contributed by atoms with Crippen LogP contribution in [0, 0.1) is 11.3 Å². The van der Waals surface area contributed by atoms with Crippen molar-refractivity contribution in [3.05, 3.63) is 89.7 Å². The molecule has 0 bridgehead atoms. The quantitative estimate of drug-likeness (QED) is 0.294. The zero-order valence-electron chi connectivity index (χ0n) is 14.6. The Hall–Kier alpha value is -3.91. The number of nitrogens with zero attached hydrogens (tertiary/aromatic N) is 2. The van der Waals surface area contributed by atoms with Crippen molar-refractivity contribution in [3.8, 4) is 17.6 Å². The van der Waals surface area contributed by atoms with Crippen molar-refractivity contribution in [2.45, 2.75) is 0 Å². The first-order chi connectivity index (χ1) is 13.2. The van der Waals surface area contributed by atoms with Crippen LogP contribution >= 0.6 is 0 Å². The second-order valence-corrected chi connectivity index (χ2v) is 5.57. The summed E-state index contributed by atoms with van der Waals surface area (Å²) in [5, 5.41) is 9.56. The molecule has 0 atom stereocenters. The van der Waals surface area contributed by atoms with Gasteiger partial charge in [0.15, 0.2) is 0 Å². The van der Waals surface area contributed by atoms with E-state index >= 15 is 0 Å². The van der Waals surface area contributed by atoms with Gasteiger partial charge in [-0.3, -0.25) is 4.98 Å². The number of para-hydroxylation sites is 1. The van der Waals surface area contributed by atoms with Crippen molar-refractivity contribution in [2.75, 3.05) is 7.11 Å². The van der Waals surface area contributed by atoms with Crippen LogP contribution in [0.3, 0.4) is 0 Å². The zero-order valence-corrected chi connectivity index (χ0v) is 14.6. The van der Waals surface area contributed by atoms with Gasteiger partial charge in [-0.1, -0.05) is 24.3 Å². The lowest BCUT2D eigenvalue weighted by Crippen LogP contribution is -2.08. The molecule has 0 saturated heterocycles. The molecular weight excluding hydrogens is 340 g/mol. The van der Waals surface area contributed by atoms with Crippen LogP contribution in [0.15, 0.2) is 73.1 Å². The number of ether oxygens (including phenoxy) is 2. The Labute approximate surface area is 157 Å². The third kappa shape index (κ3) is 4.39. The normalized spacial score (nSPS) is 10.7. The third-order valence-corrected chi connectivity index (χ3v) is 3.81. The van der Waals surface area contributed by atoms with Gasteiger partial charge in [0.25, 0.3) is 0 Å². The van der Waals surface area contributed by atoms with Crippen LogP contribution in [0.25, 0.3) is 11.6 Å². The molecule has 0 aliphatic rings. The number of nitriles is 1. The average molecular weight is 356 g/mol. The Balaban J connectivity index is 1.87. The van der Waals surface area contributed by atoms with Gasteiger partial charge in [0.05, 0.1) is 24.3 Å². The minimum atomic E-state index is -0.469. The zero-order chi connectivity index (χ0) is 19.1. The molecule has 2 aromatic carbocycles. The van der Waals surface area contributed by atoms with Gasteiger partial charge < -0.3 is 9.47 Å². The molecule has 5 heteroatoms. The summed E-state index contributed by atoms with van der Waals surface area (Å²) in [7, 11) is 1.56. The Morgan fingerprint density at radius 2 is 1.85 bits per heavy atom. The van der Waals surface area contributed by atoms with Crippen molar-refractivity contribution in [3.63, 3.8) is 0 Å². The van der Waals surface area contributed by atoms with Gasteiger partial charge in [0.1, 0.15) is 11.5 Å². The summed E-state index contributed by atoms with van der Waals surface area (Å²) in [6, 6.07) is 19.6. The number of methoxy groups -OCH3 is 1. The molecule has 0 unspecified atom stereocenters. The monoisotopic (exact) mass is 356 g/mol. The minimum Gasteiger partial charge on any atom is -0.496 e. The Kier molecular flexibility index (Phi) is 5.60. The van der Waals surface area contributed by atoms with Crippen molar-refractivity contribution in [2.24, 2.45) is 0 Å². The fraction of sp³-hybridized carbons (Fsp3) is 0.0455. The van der Waals surface area contributed by atoms with E-state index in [9.17, 15) is 10.1 Å². The molecule has 3 aromatic rings. The molecular formula is C22H16N2O3. The lowest BCUT2D eigenvalue weighted by molar-refractivity contribution is 0.0734. The maximum atomic E-state index is 12.2. The Morgan fingerprint density at radius 1 is 1.07 bits per heavy atom. The highest BCUT2D eigenvalue weighted by atomic mass is 16.5. The van der Waals surface area contributed by atoms with Crippen molar-refractivity contribution in [1.29, 1.82) is 5.26 Å². The molecule has 0 radical (unpaired) electrons. The predicted octanol–water partition coefficient (Wildman–Crippen LogP) is 4.37. The van der Waals surface area contributed by atoms with E-state index in [0.717, 1.165) is 5.56 Å². The number of rotatable bonds is 5. The second-order valence-electron chi connectivity index (χ2n) is 5.57. The molecule has 0 N–H and O–H groups in total. The second kappa shape index (κ2) is 8.45. The van der Waals surface area contributed by atoms with Crippen LogP contribution in [0.4, 0.5) is 0 Å². The van der Waals surface area contributed by atoms with Crippen LogP contribution in [0.1, 0.15) is 21.5 Å². The molecule has 0 amide bonds. The lowest BCUT2D eigenvalue weighted by atomic mass is 10.0. The summed E-state index contributed by atoms with van der Waals surface area (Å²) in [6.07, 6.45) is 4.78. The van der Waals surface area contributed by atoms with E-state index in [-0.39, 0.29) is 0 Å². The van der Waals surface area contributed by atoms with Gasteiger partial charge in [-0.15, -0.1) is 0 Å². The number of carbonyl (C=O) groups excluding carboxylic acids is 1. The molecule has 0 saturated carbocycles. The van der Waals surface area contributed by atoms with Crippen LogP contribution in [0.2, 0.25) is 0 Å². The SMILES string of the molecule is COc1ccccc1/C(C#N)=C\c1cccc(OC(=O)c2ccncc2)c1. The summed E-state index contributed by atoms with van der Waals surface area (Å²) in [4.78, 5) is 16.1. The highest BCUT2D eigenvalue weighted by Crippen LogP contribution is 2.27. The van der Waals surface area contributed by atoms with Crippen LogP contribution < -0.4 is 9.47 Å². The molecule has 0 spiro atoms. The van der Waals surface area contributed by atoms with Gasteiger partial charge >= 0.3 is 5.97 Å². The van der Waals surface area contributed by atoms with E-state index in [1.54, 1.807) is 49.6 Å². The molecule has 27 heavy (non-hydrogen) atoms. The van der Waals surface area contributed by atoms with Crippen molar-refractivity contribution >= 4 is 17.6 Å². The highest BCUT2D eigenvalue weighted by Gasteiger charge is 2.10. The number of hydrogen-bond acceptors (Lipinski definition) is 5. The summed E-state index contributed by atoms with van der Waals surface area (Å²) >= 11 is 0. The number of esters is 1. The molecule has 132 valence electrons. The Morgan fingerprint density at radius 3 is 2.59 bits per heavy atom. The van der Waals surface area contributed by atoms with Crippen molar-refractivity contribution < 1.29 is 14.3 Å². The summed E-state index contributed by atoms with van der Waals surface area (Å²) < 4.78 is 10.7. The first kappa shape index (κ1) is 17.9. The van der Waals surface area contributed by atoms with E-state index in [1.165, 1.54) is 12.4 Å². The molecule has 1 aromatic heterocycles. The van der Waals surface area contributed by atoms with Crippen LogP contribution in [-0.4, -0.2) is 18.1 Å². The number of carbonyl (C=O) groups is 1. The van der Waals surface area contributed by atoms with E-state index in [4.69, 9.17) is 9.47 Å². The number of pyridine rings is 1. The molecule has 1 heterocycles. The van der Waals surface area contributed by atoms with Gasteiger partial charge in [0, 0.05) is 18.0 Å². The fourth-order valence-electron chi connectivity index (χ4n) is 2.53. The molecule has 0 aliphatic carbocycles. The number of hydrogen-bond donors (Lipinski definition) is 0. The minimum absolute atomic E-state index is 0.392. The average Bonchev–Trinajstić information content (AvgIpc) is 2.73. The maximum Gasteiger partial charge on any atom is 0.343 e. The van der Waals surface area contributed by atoms with E-state index in [1.807, 2.05) is 24.3 Å². The van der Waals surface area contributed by atoms with Gasteiger partial charge in [-0.05, 0) is 48.0 Å². The first-order valence-corrected chi connectivity index (χ1v) is 8.18. The van der Waals surface area contributed by atoms with Crippen LogP contribution in [0.5, 0.6) is 11.5 Å². The molecule has 3 rings (SSSR count). The smallest absolute Gasteiger partial charge is 0.343 e. The summed E-state index contributed by atoms with van der Waals surface area (Å²) in [6.45, 7) is 0. The largest absolute Gasteiger partial charge is 0.496 e. The van der Waals surface area contributed by atoms with E-state index in [2.05, 4.69) is 11.1 Å². The van der Waals surface area contributed by atoms with Crippen molar-refractivity contribution in [1.82, 2.24) is 4.98 Å². The van der Waals surface area contributed by atoms with Crippen LogP contribution in [-0.2, 0) is 0 Å². The fourth-order valence-corrected chi connectivity index (χ4v) is 2.53. The lowest BCUT2D eigenvalue weighted by Gasteiger charge is -2.08.